The summed E-state index contributed by atoms with van der Waals surface area (Å²) >= 11 is 3.29. The lowest BCUT2D eigenvalue weighted by Crippen LogP contribution is -2.03. The van der Waals surface area contributed by atoms with Gasteiger partial charge in [0.2, 0.25) is 5.78 Å². The number of aromatic nitrogens is 1. The van der Waals surface area contributed by atoms with Crippen LogP contribution in [-0.2, 0) is 0 Å². The van der Waals surface area contributed by atoms with E-state index in [1.165, 1.54) is 0 Å². The van der Waals surface area contributed by atoms with E-state index in [0.29, 0.717) is 11.3 Å². The molecular formula is C13H10BrNO. The van der Waals surface area contributed by atoms with Crippen LogP contribution in [0.5, 0.6) is 0 Å². The first kappa shape index (κ1) is 11.0. The Morgan fingerprint density at radius 2 is 1.81 bits per heavy atom. The van der Waals surface area contributed by atoms with Crippen LogP contribution in [0.2, 0.25) is 0 Å². The fourth-order valence-electron chi connectivity index (χ4n) is 1.36. The van der Waals surface area contributed by atoms with E-state index in [9.17, 15) is 4.79 Å². The molecule has 0 saturated carbocycles. The van der Waals surface area contributed by atoms with Crippen LogP contribution in [0.15, 0.2) is 47.1 Å². The SMILES string of the molecule is Cc1ccc(C(=O)c2ccc(Br)cn2)cc1. The Morgan fingerprint density at radius 1 is 1.12 bits per heavy atom. The van der Waals surface area contributed by atoms with Crippen molar-refractivity contribution in [2.45, 2.75) is 6.92 Å². The first-order chi connectivity index (χ1) is 7.66. The Morgan fingerprint density at radius 3 is 2.38 bits per heavy atom. The Hall–Kier alpha value is -1.48. The Balaban J connectivity index is 2.32. The van der Waals surface area contributed by atoms with Crippen LogP contribution in [0.4, 0.5) is 0 Å². The molecule has 0 amide bonds. The van der Waals surface area contributed by atoms with Gasteiger partial charge in [-0.15, -0.1) is 0 Å². The predicted molar refractivity (Wildman–Crippen MR) is 66.5 cm³/mol. The average molecular weight is 276 g/mol. The van der Waals surface area contributed by atoms with Crippen molar-refractivity contribution >= 4 is 21.7 Å². The number of carbonyl (C=O) groups is 1. The zero-order valence-corrected chi connectivity index (χ0v) is 10.4. The molecular weight excluding hydrogens is 266 g/mol. The van der Waals surface area contributed by atoms with Crippen molar-refractivity contribution in [2.75, 3.05) is 0 Å². The molecule has 0 radical (unpaired) electrons. The largest absolute Gasteiger partial charge is 0.287 e. The lowest BCUT2D eigenvalue weighted by molar-refractivity contribution is 0.103. The molecule has 0 unspecified atom stereocenters. The maximum Gasteiger partial charge on any atom is 0.211 e. The number of hydrogen-bond acceptors (Lipinski definition) is 2. The number of carbonyl (C=O) groups excluding carboxylic acids is 1. The van der Waals surface area contributed by atoms with Crippen LogP contribution in [0.25, 0.3) is 0 Å². The van der Waals surface area contributed by atoms with Crippen molar-refractivity contribution < 1.29 is 4.79 Å². The highest BCUT2D eigenvalue weighted by atomic mass is 79.9. The molecule has 0 atom stereocenters. The second-order valence-corrected chi connectivity index (χ2v) is 4.47. The third-order valence-corrected chi connectivity index (χ3v) is 2.74. The van der Waals surface area contributed by atoms with Gasteiger partial charge in [-0.05, 0) is 35.0 Å². The van der Waals surface area contributed by atoms with Crippen LogP contribution < -0.4 is 0 Å². The van der Waals surface area contributed by atoms with E-state index in [0.717, 1.165) is 10.0 Å². The van der Waals surface area contributed by atoms with E-state index in [1.54, 1.807) is 12.3 Å². The van der Waals surface area contributed by atoms with E-state index in [2.05, 4.69) is 20.9 Å². The highest BCUT2D eigenvalue weighted by molar-refractivity contribution is 9.10. The van der Waals surface area contributed by atoms with E-state index < -0.39 is 0 Å². The molecule has 1 aromatic heterocycles. The summed E-state index contributed by atoms with van der Waals surface area (Å²) < 4.78 is 0.868. The van der Waals surface area contributed by atoms with Gasteiger partial charge in [0.05, 0.1) is 0 Å². The molecule has 0 bridgehead atoms. The van der Waals surface area contributed by atoms with Crippen molar-refractivity contribution in [1.29, 1.82) is 0 Å². The molecule has 0 spiro atoms. The standard InChI is InChI=1S/C13H10BrNO/c1-9-2-4-10(5-3-9)13(16)12-7-6-11(14)8-15-12/h2-8H,1H3. The van der Waals surface area contributed by atoms with Gasteiger partial charge in [0, 0.05) is 16.2 Å². The van der Waals surface area contributed by atoms with Gasteiger partial charge in [-0.25, -0.2) is 0 Å². The summed E-state index contributed by atoms with van der Waals surface area (Å²) in [5.41, 5.74) is 2.27. The maximum atomic E-state index is 12.0. The van der Waals surface area contributed by atoms with Gasteiger partial charge in [-0.2, -0.15) is 0 Å². The molecule has 0 aliphatic carbocycles. The van der Waals surface area contributed by atoms with Crippen LogP contribution in [0.3, 0.4) is 0 Å². The lowest BCUT2D eigenvalue weighted by atomic mass is 10.1. The Kier molecular flexibility index (Phi) is 3.15. The van der Waals surface area contributed by atoms with Gasteiger partial charge in [0.1, 0.15) is 5.69 Å². The van der Waals surface area contributed by atoms with Gasteiger partial charge in [0.15, 0.2) is 0 Å². The van der Waals surface area contributed by atoms with Crippen molar-refractivity contribution in [2.24, 2.45) is 0 Å². The molecule has 2 nitrogen and oxygen atoms in total. The Labute approximate surface area is 102 Å². The fraction of sp³-hybridized carbons (Fsp3) is 0.0769. The average Bonchev–Trinajstić information content (AvgIpc) is 2.30. The van der Waals surface area contributed by atoms with Crippen LogP contribution in [-0.4, -0.2) is 10.8 Å². The zero-order chi connectivity index (χ0) is 11.5. The number of hydrogen-bond donors (Lipinski definition) is 0. The van der Waals surface area contributed by atoms with Crippen LogP contribution in [0.1, 0.15) is 21.6 Å². The normalized spacial score (nSPS) is 10.1. The van der Waals surface area contributed by atoms with Crippen molar-refractivity contribution in [3.05, 3.63) is 63.9 Å². The zero-order valence-electron chi connectivity index (χ0n) is 8.77. The van der Waals surface area contributed by atoms with E-state index >= 15 is 0 Å². The van der Waals surface area contributed by atoms with Gasteiger partial charge in [0.25, 0.3) is 0 Å². The van der Waals surface area contributed by atoms with E-state index in [-0.39, 0.29) is 5.78 Å². The number of ketones is 1. The number of halogens is 1. The smallest absolute Gasteiger partial charge is 0.211 e. The summed E-state index contributed by atoms with van der Waals surface area (Å²) in [5.74, 6) is -0.0486. The predicted octanol–water partition coefficient (Wildman–Crippen LogP) is 3.38. The lowest BCUT2D eigenvalue weighted by Gasteiger charge is -2.01. The van der Waals surface area contributed by atoms with Crippen LogP contribution in [0, 0.1) is 6.92 Å². The molecule has 16 heavy (non-hydrogen) atoms. The molecule has 1 heterocycles. The summed E-state index contributed by atoms with van der Waals surface area (Å²) in [7, 11) is 0. The van der Waals surface area contributed by atoms with E-state index in [1.807, 2.05) is 37.3 Å². The van der Waals surface area contributed by atoms with Gasteiger partial charge in [-0.1, -0.05) is 29.8 Å². The molecule has 2 aromatic rings. The van der Waals surface area contributed by atoms with Gasteiger partial charge >= 0.3 is 0 Å². The highest BCUT2D eigenvalue weighted by Crippen LogP contribution is 2.12. The molecule has 1 aromatic carbocycles. The van der Waals surface area contributed by atoms with E-state index in [4.69, 9.17) is 0 Å². The molecule has 80 valence electrons. The summed E-state index contributed by atoms with van der Waals surface area (Å²) in [5, 5.41) is 0. The second-order valence-electron chi connectivity index (χ2n) is 3.56. The highest BCUT2D eigenvalue weighted by Gasteiger charge is 2.09. The summed E-state index contributed by atoms with van der Waals surface area (Å²) in [6, 6.07) is 11.0. The van der Waals surface area contributed by atoms with Crippen LogP contribution >= 0.6 is 15.9 Å². The topological polar surface area (TPSA) is 30.0 Å². The quantitative estimate of drug-likeness (QED) is 0.787. The number of rotatable bonds is 2. The van der Waals surface area contributed by atoms with Gasteiger partial charge < -0.3 is 0 Å². The first-order valence-corrected chi connectivity index (χ1v) is 5.69. The molecule has 0 saturated heterocycles. The number of aryl methyl sites for hydroxylation is 1. The monoisotopic (exact) mass is 275 g/mol. The summed E-state index contributed by atoms with van der Waals surface area (Å²) in [4.78, 5) is 16.1. The molecule has 2 rings (SSSR count). The maximum absolute atomic E-state index is 12.0. The second kappa shape index (κ2) is 4.58. The third-order valence-electron chi connectivity index (χ3n) is 2.27. The van der Waals surface area contributed by atoms with Gasteiger partial charge in [-0.3, -0.25) is 9.78 Å². The number of pyridine rings is 1. The molecule has 0 aliphatic rings. The third kappa shape index (κ3) is 2.36. The minimum atomic E-state index is -0.0486. The number of nitrogens with zero attached hydrogens (tertiary/aromatic N) is 1. The van der Waals surface area contributed by atoms with Crippen molar-refractivity contribution in [3.8, 4) is 0 Å². The molecule has 0 aliphatic heterocycles. The van der Waals surface area contributed by atoms with Crippen molar-refractivity contribution in [1.82, 2.24) is 4.98 Å². The first-order valence-electron chi connectivity index (χ1n) is 4.90. The molecule has 0 N–H and O–H groups in total. The molecule has 0 fully saturated rings. The Bertz CT molecular complexity index is 455. The summed E-state index contributed by atoms with van der Waals surface area (Å²) in [6.45, 7) is 1.99. The minimum absolute atomic E-state index is 0.0486. The molecule has 3 heteroatoms. The minimum Gasteiger partial charge on any atom is -0.287 e. The number of benzene rings is 1. The fourth-order valence-corrected chi connectivity index (χ4v) is 1.60. The van der Waals surface area contributed by atoms with Crippen molar-refractivity contribution in [3.63, 3.8) is 0 Å². The summed E-state index contributed by atoms with van der Waals surface area (Å²) in [6.07, 6.45) is 1.63.